The van der Waals surface area contributed by atoms with Gasteiger partial charge in [-0.25, -0.2) is 0 Å². The monoisotopic (exact) mass is 532 g/mol. The Hall–Kier alpha value is -3.40. The second-order valence-corrected chi connectivity index (χ2v) is 13.7. The van der Waals surface area contributed by atoms with E-state index in [9.17, 15) is 0 Å². The molecule has 0 saturated carbocycles. The molecule has 6 heteroatoms. The Morgan fingerprint density at radius 2 is 0.946 bits per heavy atom. The molecule has 0 atom stereocenters. The van der Waals surface area contributed by atoms with Gasteiger partial charge in [-0.1, -0.05) is 0 Å². The third-order valence-corrected chi connectivity index (χ3v) is 9.59. The van der Waals surface area contributed by atoms with E-state index in [1.54, 1.807) is 0 Å². The summed E-state index contributed by atoms with van der Waals surface area (Å²) < 4.78 is 10.8. The van der Waals surface area contributed by atoms with Crippen LogP contribution in [-0.2, 0) is 0 Å². The van der Waals surface area contributed by atoms with Crippen LogP contribution in [0.3, 0.4) is 0 Å². The van der Waals surface area contributed by atoms with Gasteiger partial charge in [-0.15, -0.1) is 0 Å². The second-order valence-electron chi connectivity index (χ2n) is 8.85. The molecule has 0 aromatic heterocycles. The van der Waals surface area contributed by atoms with E-state index in [0.717, 1.165) is 22.9 Å². The SMILES string of the molecule is CCOc1ccc(NC(=S)Nc2ccc(OCC)cc2)cc1.C[PH](C)(c1ccccc1)c1ccccc1. The summed E-state index contributed by atoms with van der Waals surface area (Å²) in [5.74, 6) is 1.69. The van der Waals surface area contributed by atoms with Crippen molar-refractivity contribution in [1.29, 1.82) is 0 Å². The Kier molecular flexibility index (Phi) is 10.9. The van der Waals surface area contributed by atoms with Crippen molar-refractivity contribution < 1.29 is 9.47 Å². The standard InChI is InChI=1S/C17H20N2O2S.C14H17P/c1-3-20-15-9-5-13(6-10-15)18-17(22)19-14-7-11-16(12-8-14)21-4-2;1-15(2,13-9-5-3-6-10-13)14-11-7-4-8-12-14/h5-12H,3-4H2,1-2H3,(H2,18,19,22);3-12,15H,1-2H3. The molecule has 0 fully saturated rings. The van der Waals surface area contributed by atoms with E-state index < -0.39 is 7.26 Å². The van der Waals surface area contributed by atoms with E-state index in [1.807, 2.05) is 62.4 Å². The van der Waals surface area contributed by atoms with Gasteiger partial charge < -0.3 is 20.1 Å². The molecule has 0 amide bonds. The Balaban J connectivity index is 0.000000220. The second kappa shape index (κ2) is 14.4. The van der Waals surface area contributed by atoms with Gasteiger partial charge in [-0.05, 0) is 74.6 Å². The minimum absolute atomic E-state index is 0.535. The molecule has 0 bridgehead atoms. The molecule has 0 aliphatic carbocycles. The minimum atomic E-state index is -1.46. The first kappa shape index (κ1) is 28.2. The van der Waals surface area contributed by atoms with Crippen LogP contribution in [-0.4, -0.2) is 31.7 Å². The third kappa shape index (κ3) is 8.89. The first-order chi connectivity index (χ1) is 17.9. The number of benzene rings is 4. The van der Waals surface area contributed by atoms with Crippen LogP contribution in [0.15, 0.2) is 109 Å². The van der Waals surface area contributed by atoms with E-state index >= 15 is 0 Å². The van der Waals surface area contributed by atoms with Gasteiger partial charge in [0, 0.05) is 11.4 Å². The third-order valence-electron chi connectivity index (χ3n) is 5.84. The Morgan fingerprint density at radius 3 is 1.27 bits per heavy atom. The molecule has 4 rings (SSSR count). The van der Waals surface area contributed by atoms with E-state index in [0.29, 0.717) is 18.3 Å². The number of ether oxygens (including phenoxy) is 2. The fourth-order valence-electron chi connectivity index (χ4n) is 3.77. The maximum atomic E-state index is 5.40. The van der Waals surface area contributed by atoms with Crippen molar-refractivity contribution in [1.82, 2.24) is 0 Å². The van der Waals surface area contributed by atoms with Crippen LogP contribution in [0.25, 0.3) is 0 Å². The van der Waals surface area contributed by atoms with Crippen LogP contribution < -0.4 is 30.7 Å². The van der Waals surface area contributed by atoms with Crippen LogP contribution in [0.1, 0.15) is 13.8 Å². The predicted octanol–water partition coefficient (Wildman–Crippen LogP) is 6.94. The van der Waals surface area contributed by atoms with Crippen LogP contribution in [0.4, 0.5) is 11.4 Å². The molecule has 0 heterocycles. The van der Waals surface area contributed by atoms with Crippen molar-refractivity contribution in [2.45, 2.75) is 13.8 Å². The molecule has 2 N–H and O–H groups in total. The van der Waals surface area contributed by atoms with Crippen molar-refractivity contribution in [3.8, 4) is 11.5 Å². The number of hydrogen-bond donors (Lipinski definition) is 2. The number of nitrogens with one attached hydrogen (secondary N) is 2. The molecule has 0 radical (unpaired) electrons. The van der Waals surface area contributed by atoms with Gasteiger partial charge in [0.15, 0.2) is 5.11 Å². The molecule has 4 nitrogen and oxygen atoms in total. The molecular weight excluding hydrogens is 495 g/mol. The maximum absolute atomic E-state index is 5.40. The number of rotatable bonds is 8. The summed E-state index contributed by atoms with van der Waals surface area (Å²) in [5.41, 5.74) is 1.82. The first-order valence-corrected chi connectivity index (χ1v) is 16.0. The fraction of sp³-hybridized carbons (Fsp3) is 0.194. The van der Waals surface area contributed by atoms with Crippen molar-refractivity contribution in [3.63, 3.8) is 0 Å². The summed E-state index contributed by atoms with van der Waals surface area (Å²) in [7, 11) is -1.46. The van der Waals surface area contributed by atoms with Gasteiger partial charge in [0.2, 0.25) is 0 Å². The zero-order valence-electron chi connectivity index (χ0n) is 22.0. The summed E-state index contributed by atoms with van der Waals surface area (Å²) in [6.07, 6.45) is 0. The molecule has 0 saturated heterocycles. The number of thiocarbonyl (C=S) groups is 1. The van der Waals surface area contributed by atoms with Crippen LogP contribution >= 0.6 is 19.5 Å². The van der Waals surface area contributed by atoms with Crippen molar-refractivity contribution in [3.05, 3.63) is 109 Å². The molecule has 0 aliphatic rings. The van der Waals surface area contributed by atoms with Crippen LogP contribution in [0.2, 0.25) is 0 Å². The molecule has 37 heavy (non-hydrogen) atoms. The zero-order chi connectivity index (χ0) is 26.5. The van der Waals surface area contributed by atoms with Crippen molar-refractivity contribution in [2.75, 3.05) is 37.2 Å². The first-order valence-electron chi connectivity index (χ1n) is 12.6. The number of anilines is 2. The fourth-order valence-corrected chi connectivity index (χ4v) is 6.39. The molecule has 0 spiro atoms. The summed E-state index contributed by atoms with van der Waals surface area (Å²) in [6, 6.07) is 37.0. The average molecular weight is 533 g/mol. The molecule has 0 unspecified atom stereocenters. The van der Waals surface area contributed by atoms with E-state index in [-0.39, 0.29) is 0 Å². The summed E-state index contributed by atoms with van der Waals surface area (Å²) >= 11 is 5.30. The summed E-state index contributed by atoms with van der Waals surface area (Å²) in [4.78, 5) is 0. The summed E-state index contributed by atoms with van der Waals surface area (Å²) in [6.45, 7) is 10.0. The van der Waals surface area contributed by atoms with Gasteiger partial charge in [0.05, 0.1) is 13.2 Å². The van der Waals surface area contributed by atoms with Gasteiger partial charge in [0.25, 0.3) is 0 Å². The van der Waals surface area contributed by atoms with Crippen LogP contribution in [0, 0.1) is 0 Å². The molecule has 0 aliphatic heterocycles. The molecular formula is C31H37N2O2PS. The van der Waals surface area contributed by atoms with E-state index in [1.165, 1.54) is 10.6 Å². The predicted molar refractivity (Wildman–Crippen MR) is 167 cm³/mol. The van der Waals surface area contributed by atoms with Crippen LogP contribution in [0.5, 0.6) is 11.5 Å². The zero-order valence-corrected chi connectivity index (χ0v) is 23.8. The Bertz CT molecular complexity index is 1120. The van der Waals surface area contributed by atoms with Gasteiger partial charge >= 0.3 is 91.9 Å². The number of hydrogen-bond acceptors (Lipinski definition) is 3. The average Bonchev–Trinajstić information content (AvgIpc) is 2.92. The Labute approximate surface area is 227 Å². The van der Waals surface area contributed by atoms with Gasteiger partial charge in [0.1, 0.15) is 11.5 Å². The molecule has 194 valence electrons. The topological polar surface area (TPSA) is 42.5 Å². The normalized spacial score (nSPS) is 10.9. The quantitative estimate of drug-likeness (QED) is 0.190. The van der Waals surface area contributed by atoms with Crippen molar-refractivity contribution >= 4 is 46.6 Å². The van der Waals surface area contributed by atoms with Gasteiger partial charge in [-0.3, -0.25) is 0 Å². The molecule has 4 aromatic carbocycles. The van der Waals surface area contributed by atoms with E-state index in [4.69, 9.17) is 21.7 Å². The molecule has 4 aromatic rings. The van der Waals surface area contributed by atoms with Crippen molar-refractivity contribution in [2.24, 2.45) is 0 Å². The summed E-state index contributed by atoms with van der Waals surface area (Å²) in [5, 5.41) is 9.79. The Morgan fingerprint density at radius 1 is 0.595 bits per heavy atom. The van der Waals surface area contributed by atoms with Gasteiger partial charge in [-0.2, -0.15) is 0 Å². The van der Waals surface area contributed by atoms with E-state index in [2.05, 4.69) is 84.6 Å².